The van der Waals surface area contributed by atoms with Gasteiger partial charge in [-0.3, -0.25) is 15.0 Å². The highest BCUT2D eigenvalue weighted by atomic mass is 16.5. The predicted octanol–water partition coefficient (Wildman–Crippen LogP) is 3.77. The van der Waals surface area contributed by atoms with E-state index in [-0.39, 0.29) is 24.2 Å². The molecular formula is C23H25N5O2. The van der Waals surface area contributed by atoms with Gasteiger partial charge in [0.25, 0.3) is 0 Å². The van der Waals surface area contributed by atoms with Crippen LogP contribution in [0.1, 0.15) is 36.6 Å². The SMILES string of the molecule is C[C@@H](c1ccncc1)N(C)C(=O)NC1CCOC1c1cncc(-c2cccnc2)c1. The van der Waals surface area contributed by atoms with Gasteiger partial charge in [-0.05, 0) is 43.2 Å². The Morgan fingerprint density at radius 2 is 1.90 bits per heavy atom. The number of hydrogen-bond acceptors (Lipinski definition) is 5. The van der Waals surface area contributed by atoms with Crippen LogP contribution in [0.4, 0.5) is 4.79 Å². The fourth-order valence-corrected chi connectivity index (χ4v) is 3.67. The van der Waals surface area contributed by atoms with Crippen LogP contribution in [0.15, 0.2) is 67.5 Å². The topological polar surface area (TPSA) is 80.2 Å². The Morgan fingerprint density at radius 1 is 1.10 bits per heavy atom. The van der Waals surface area contributed by atoms with Gasteiger partial charge in [0.1, 0.15) is 6.10 Å². The smallest absolute Gasteiger partial charge is 0.317 e. The molecule has 2 unspecified atom stereocenters. The summed E-state index contributed by atoms with van der Waals surface area (Å²) in [6.07, 6.45) is 11.2. The second-order valence-electron chi connectivity index (χ2n) is 7.45. The molecule has 1 aliphatic heterocycles. The van der Waals surface area contributed by atoms with Gasteiger partial charge in [-0.1, -0.05) is 6.07 Å². The van der Waals surface area contributed by atoms with Crippen molar-refractivity contribution in [3.63, 3.8) is 0 Å². The van der Waals surface area contributed by atoms with Crippen LogP contribution in [0.25, 0.3) is 11.1 Å². The lowest BCUT2D eigenvalue weighted by atomic mass is 10.0. The molecule has 1 aliphatic rings. The van der Waals surface area contributed by atoms with Crippen LogP contribution in [-0.2, 0) is 4.74 Å². The molecule has 0 bridgehead atoms. The first-order valence-electron chi connectivity index (χ1n) is 10.0. The number of aromatic nitrogens is 3. The van der Waals surface area contributed by atoms with E-state index in [0.29, 0.717) is 6.61 Å². The van der Waals surface area contributed by atoms with Crippen LogP contribution in [0.2, 0.25) is 0 Å². The lowest BCUT2D eigenvalue weighted by Gasteiger charge is -2.28. The molecule has 7 heteroatoms. The molecule has 3 aromatic rings. The summed E-state index contributed by atoms with van der Waals surface area (Å²) in [7, 11) is 1.80. The summed E-state index contributed by atoms with van der Waals surface area (Å²) in [6, 6.07) is 9.49. The summed E-state index contributed by atoms with van der Waals surface area (Å²) >= 11 is 0. The molecule has 7 nitrogen and oxygen atoms in total. The van der Waals surface area contributed by atoms with E-state index < -0.39 is 0 Å². The van der Waals surface area contributed by atoms with E-state index in [4.69, 9.17) is 4.74 Å². The first kappa shape index (κ1) is 20.0. The standard InChI is InChI=1S/C23H25N5O2/c1-16(17-5-9-24-10-6-17)28(2)23(29)27-21-7-11-30-22(21)20-12-19(14-26-15-20)18-4-3-8-25-13-18/h3-6,8-10,12-16,21-22H,7,11H2,1-2H3,(H,27,29)/t16-,21?,22?/m0/s1. The van der Waals surface area contributed by atoms with E-state index in [9.17, 15) is 4.79 Å². The van der Waals surface area contributed by atoms with Crippen LogP contribution in [0.5, 0.6) is 0 Å². The van der Waals surface area contributed by atoms with Crippen molar-refractivity contribution in [1.29, 1.82) is 0 Å². The van der Waals surface area contributed by atoms with Gasteiger partial charge in [0.2, 0.25) is 0 Å². The zero-order valence-corrected chi connectivity index (χ0v) is 17.1. The fraction of sp³-hybridized carbons (Fsp3) is 0.304. The Balaban J connectivity index is 1.47. The normalized spacial score (nSPS) is 19.3. The van der Waals surface area contributed by atoms with E-state index in [1.807, 2.05) is 43.6 Å². The molecule has 3 aromatic heterocycles. The molecular weight excluding hydrogens is 378 g/mol. The van der Waals surface area contributed by atoms with Crippen molar-refractivity contribution in [3.05, 3.63) is 78.6 Å². The summed E-state index contributed by atoms with van der Waals surface area (Å²) < 4.78 is 5.97. The van der Waals surface area contributed by atoms with Crippen LogP contribution in [0.3, 0.4) is 0 Å². The van der Waals surface area contributed by atoms with E-state index in [1.54, 1.807) is 36.7 Å². The number of rotatable bonds is 5. The van der Waals surface area contributed by atoms with Gasteiger partial charge in [-0.2, -0.15) is 0 Å². The van der Waals surface area contributed by atoms with Gasteiger partial charge < -0.3 is 15.0 Å². The number of ether oxygens (including phenoxy) is 1. The van der Waals surface area contributed by atoms with Crippen LogP contribution < -0.4 is 5.32 Å². The van der Waals surface area contributed by atoms with E-state index in [2.05, 4.69) is 26.3 Å². The molecule has 4 rings (SSSR count). The molecule has 0 spiro atoms. The monoisotopic (exact) mass is 403 g/mol. The number of hydrogen-bond donors (Lipinski definition) is 1. The molecule has 0 radical (unpaired) electrons. The Bertz CT molecular complexity index is 983. The molecule has 0 saturated carbocycles. The average Bonchev–Trinajstić information content (AvgIpc) is 3.27. The Hall–Kier alpha value is -3.32. The van der Waals surface area contributed by atoms with Crippen molar-refractivity contribution in [2.45, 2.75) is 31.5 Å². The van der Waals surface area contributed by atoms with Gasteiger partial charge in [0.05, 0.1) is 12.1 Å². The van der Waals surface area contributed by atoms with E-state index in [0.717, 1.165) is 28.7 Å². The molecule has 0 aliphatic carbocycles. The Morgan fingerprint density at radius 3 is 2.67 bits per heavy atom. The predicted molar refractivity (Wildman–Crippen MR) is 114 cm³/mol. The number of pyridine rings is 3. The Labute approximate surface area is 176 Å². The quantitative estimate of drug-likeness (QED) is 0.701. The minimum absolute atomic E-state index is 0.0654. The second-order valence-corrected chi connectivity index (χ2v) is 7.45. The second kappa shape index (κ2) is 9.00. The highest BCUT2D eigenvalue weighted by Crippen LogP contribution is 2.31. The van der Waals surface area contributed by atoms with Crippen molar-refractivity contribution in [3.8, 4) is 11.1 Å². The van der Waals surface area contributed by atoms with Crippen LogP contribution in [-0.4, -0.2) is 45.6 Å². The van der Waals surface area contributed by atoms with Gasteiger partial charge in [0, 0.05) is 67.5 Å². The lowest BCUT2D eigenvalue weighted by molar-refractivity contribution is 0.0976. The first-order chi connectivity index (χ1) is 14.6. The highest BCUT2D eigenvalue weighted by Gasteiger charge is 2.32. The first-order valence-corrected chi connectivity index (χ1v) is 10.0. The van der Waals surface area contributed by atoms with E-state index >= 15 is 0 Å². The average molecular weight is 403 g/mol. The zero-order valence-electron chi connectivity index (χ0n) is 17.1. The van der Waals surface area contributed by atoms with Gasteiger partial charge in [0.15, 0.2) is 0 Å². The number of carbonyl (C=O) groups excluding carboxylic acids is 1. The van der Waals surface area contributed by atoms with Crippen molar-refractivity contribution < 1.29 is 9.53 Å². The van der Waals surface area contributed by atoms with Gasteiger partial charge in [-0.25, -0.2) is 4.79 Å². The molecule has 1 fully saturated rings. The van der Waals surface area contributed by atoms with Crippen molar-refractivity contribution in [2.75, 3.05) is 13.7 Å². The number of amides is 2. The van der Waals surface area contributed by atoms with Crippen molar-refractivity contribution >= 4 is 6.03 Å². The maximum Gasteiger partial charge on any atom is 0.317 e. The number of nitrogens with zero attached hydrogens (tertiary/aromatic N) is 4. The third-order valence-corrected chi connectivity index (χ3v) is 5.57. The molecule has 30 heavy (non-hydrogen) atoms. The van der Waals surface area contributed by atoms with Gasteiger partial charge >= 0.3 is 6.03 Å². The van der Waals surface area contributed by atoms with Crippen molar-refractivity contribution in [1.82, 2.24) is 25.2 Å². The molecule has 2 amide bonds. The molecule has 3 atom stereocenters. The summed E-state index contributed by atoms with van der Waals surface area (Å²) in [5.41, 5.74) is 3.96. The summed E-state index contributed by atoms with van der Waals surface area (Å²) in [5.74, 6) is 0. The zero-order chi connectivity index (χ0) is 20.9. The fourth-order valence-electron chi connectivity index (χ4n) is 3.67. The molecule has 1 N–H and O–H groups in total. The Kier molecular flexibility index (Phi) is 5.99. The maximum absolute atomic E-state index is 12.9. The van der Waals surface area contributed by atoms with E-state index in [1.165, 1.54) is 0 Å². The summed E-state index contributed by atoms with van der Waals surface area (Å²) in [6.45, 7) is 2.59. The third-order valence-electron chi connectivity index (χ3n) is 5.57. The van der Waals surface area contributed by atoms with Gasteiger partial charge in [-0.15, -0.1) is 0 Å². The lowest BCUT2D eigenvalue weighted by Crippen LogP contribution is -2.45. The van der Waals surface area contributed by atoms with Crippen molar-refractivity contribution in [2.24, 2.45) is 0 Å². The molecule has 154 valence electrons. The largest absolute Gasteiger partial charge is 0.371 e. The maximum atomic E-state index is 12.9. The minimum atomic E-state index is -0.234. The van der Waals surface area contributed by atoms with Crippen LogP contribution >= 0.6 is 0 Å². The number of nitrogens with one attached hydrogen (secondary N) is 1. The molecule has 0 aromatic carbocycles. The summed E-state index contributed by atoms with van der Waals surface area (Å²) in [5, 5.41) is 3.14. The number of urea groups is 1. The molecule has 1 saturated heterocycles. The highest BCUT2D eigenvalue weighted by molar-refractivity contribution is 5.75. The molecule has 4 heterocycles. The summed E-state index contributed by atoms with van der Waals surface area (Å²) in [4.78, 5) is 27.2. The number of carbonyl (C=O) groups is 1. The minimum Gasteiger partial charge on any atom is -0.371 e. The van der Waals surface area contributed by atoms with Crippen LogP contribution in [0, 0.1) is 0 Å². The third kappa shape index (κ3) is 4.31.